The zero-order valence-electron chi connectivity index (χ0n) is 28.8. The lowest BCUT2D eigenvalue weighted by molar-refractivity contribution is -0.139. The SMILES string of the molecule is CCc1cc(N2C(=S)N(c3ccc(C#N)c(C(F)(F)F)c3)C(=O)C2C)ccc1OCCN1CCN(CC(=O)O)C(C)C1.O=S(=O)(O)C1=CC=CCC1. The van der Waals surface area contributed by atoms with Gasteiger partial charge in [-0.05, 0) is 93.4 Å². The minimum Gasteiger partial charge on any atom is -0.492 e. The standard InChI is InChI=1S/C29H32F3N5O4S.C6H8O3S/c1-4-20-13-22(7-8-25(20)41-12-11-34-9-10-35(17-26(38)39)18(2)16-34)36-19(3)27(40)37(28(36)42)23-6-5-21(15-33)24(14-23)29(30,31)32;7-10(8,9)6-4-2-1-3-5-6/h5-8,13-14,18-19H,4,9-12,16-17H2,1-3H3,(H,38,39);1-2,4H,3,5H2,(H,7,8,9). The Bertz CT molecular complexity index is 1900. The number of nitriles is 1. The quantitative estimate of drug-likeness (QED) is 0.240. The minimum atomic E-state index is -4.77. The van der Waals surface area contributed by atoms with Crippen molar-refractivity contribution in [3.8, 4) is 11.8 Å². The van der Waals surface area contributed by atoms with Crippen LogP contribution in [0.5, 0.6) is 5.75 Å². The maximum Gasteiger partial charge on any atom is 0.417 e. The third-order valence-electron chi connectivity index (χ3n) is 8.91. The number of aryl methyl sites for hydroxylation is 1. The van der Waals surface area contributed by atoms with Gasteiger partial charge in [0.05, 0.1) is 34.3 Å². The van der Waals surface area contributed by atoms with Gasteiger partial charge in [0.2, 0.25) is 0 Å². The van der Waals surface area contributed by atoms with Gasteiger partial charge in [0, 0.05) is 37.9 Å². The predicted molar refractivity (Wildman–Crippen MR) is 193 cm³/mol. The van der Waals surface area contributed by atoms with Gasteiger partial charge in [-0.1, -0.05) is 19.1 Å². The van der Waals surface area contributed by atoms with Crippen LogP contribution in [0.4, 0.5) is 24.5 Å². The summed E-state index contributed by atoms with van der Waals surface area (Å²) >= 11 is 5.59. The van der Waals surface area contributed by atoms with Crippen LogP contribution in [-0.2, 0) is 32.3 Å². The molecule has 1 amide bonds. The Balaban J connectivity index is 0.000000521. The first kappa shape index (κ1) is 40.4. The number of thiocarbonyl (C=S) groups is 1. The van der Waals surface area contributed by atoms with E-state index < -0.39 is 45.3 Å². The number of hydrogen-bond donors (Lipinski definition) is 2. The highest BCUT2D eigenvalue weighted by molar-refractivity contribution is 7.89. The van der Waals surface area contributed by atoms with Crippen LogP contribution in [0.1, 0.15) is 50.3 Å². The number of carbonyl (C=O) groups excluding carboxylic acids is 1. The van der Waals surface area contributed by atoms with E-state index in [0.29, 0.717) is 50.4 Å². The molecule has 0 radical (unpaired) electrons. The Morgan fingerprint density at radius 3 is 2.40 bits per heavy atom. The van der Waals surface area contributed by atoms with Gasteiger partial charge in [0.1, 0.15) is 18.4 Å². The van der Waals surface area contributed by atoms with E-state index in [2.05, 4.69) is 4.90 Å². The molecule has 2 saturated heterocycles. The van der Waals surface area contributed by atoms with E-state index in [1.54, 1.807) is 36.1 Å². The van der Waals surface area contributed by atoms with Gasteiger partial charge in [0.15, 0.2) is 5.11 Å². The summed E-state index contributed by atoms with van der Waals surface area (Å²) in [6.07, 6.45) is 1.86. The summed E-state index contributed by atoms with van der Waals surface area (Å²) in [5, 5.41) is 18.2. The van der Waals surface area contributed by atoms with Crippen LogP contribution in [-0.4, -0.2) is 96.3 Å². The Hall–Kier alpha value is -4.34. The number of carboxylic acid groups (broad SMARTS) is 1. The van der Waals surface area contributed by atoms with Crippen LogP contribution in [0.3, 0.4) is 0 Å². The summed E-state index contributed by atoms with van der Waals surface area (Å²) in [5.74, 6) is -0.629. The van der Waals surface area contributed by atoms with Crippen molar-refractivity contribution >= 4 is 50.7 Å². The number of benzene rings is 2. The summed E-state index contributed by atoms with van der Waals surface area (Å²) in [4.78, 5) is 31.2. The fraction of sp³-hybridized carbons (Fsp3) is 0.429. The average Bonchev–Trinajstić information content (AvgIpc) is 3.32. The summed E-state index contributed by atoms with van der Waals surface area (Å²) in [6.45, 7) is 8.92. The van der Waals surface area contributed by atoms with Crippen molar-refractivity contribution in [2.45, 2.75) is 58.3 Å². The van der Waals surface area contributed by atoms with Crippen molar-refractivity contribution in [1.29, 1.82) is 5.26 Å². The Labute approximate surface area is 306 Å². The van der Waals surface area contributed by atoms with Crippen LogP contribution in [0, 0.1) is 11.3 Å². The van der Waals surface area contributed by atoms with Gasteiger partial charge in [-0.25, -0.2) is 0 Å². The second-order valence-electron chi connectivity index (χ2n) is 12.4. The minimum absolute atomic E-state index is 0.0300. The molecule has 17 heteroatoms. The summed E-state index contributed by atoms with van der Waals surface area (Å²) in [6, 6.07) is 9.44. The number of nitrogens with zero attached hydrogens (tertiary/aromatic N) is 5. The zero-order valence-corrected chi connectivity index (χ0v) is 30.5. The molecule has 0 aromatic heterocycles. The molecule has 2 heterocycles. The Morgan fingerprint density at radius 1 is 1.13 bits per heavy atom. The Kier molecular flexibility index (Phi) is 13.2. The summed E-state index contributed by atoms with van der Waals surface area (Å²) in [5.41, 5.74) is -0.228. The van der Waals surface area contributed by atoms with Crippen LogP contribution >= 0.6 is 12.2 Å². The summed E-state index contributed by atoms with van der Waals surface area (Å²) in [7, 11) is -3.92. The molecular formula is C35H40F3N5O7S2. The number of ether oxygens (including phenoxy) is 1. The van der Waals surface area contributed by atoms with E-state index >= 15 is 0 Å². The number of hydrogen-bond acceptors (Lipinski definition) is 9. The molecule has 2 aromatic carbocycles. The van der Waals surface area contributed by atoms with E-state index in [0.717, 1.165) is 35.7 Å². The zero-order chi connectivity index (χ0) is 38.4. The molecule has 12 nitrogen and oxygen atoms in total. The normalized spacial score (nSPS) is 19.9. The fourth-order valence-corrected chi connectivity index (χ4v) is 7.22. The number of anilines is 2. The van der Waals surface area contributed by atoms with Gasteiger partial charge in [-0.2, -0.15) is 26.9 Å². The van der Waals surface area contributed by atoms with Crippen molar-refractivity contribution in [1.82, 2.24) is 9.80 Å². The highest BCUT2D eigenvalue weighted by atomic mass is 32.2. The number of rotatable bonds is 10. The molecule has 2 N–H and O–H groups in total. The van der Waals surface area contributed by atoms with Crippen molar-refractivity contribution in [2.24, 2.45) is 0 Å². The second-order valence-corrected chi connectivity index (χ2v) is 14.3. The average molecular weight is 764 g/mol. The molecule has 3 aliphatic rings. The summed E-state index contributed by atoms with van der Waals surface area (Å²) < 4.78 is 76.2. The third-order valence-corrected chi connectivity index (χ3v) is 10.3. The molecule has 2 aliphatic heterocycles. The molecule has 2 fully saturated rings. The first-order valence-corrected chi connectivity index (χ1v) is 18.4. The predicted octanol–water partition coefficient (Wildman–Crippen LogP) is 5.24. The lowest BCUT2D eigenvalue weighted by Gasteiger charge is -2.38. The van der Waals surface area contributed by atoms with Crippen molar-refractivity contribution < 1.29 is 45.6 Å². The van der Waals surface area contributed by atoms with Crippen molar-refractivity contribution in [3.63, 3.8) is 0 Å². The molecule has 2 atom stereocenters. The van der Waals surface area contributed by atoms with E-state index in [9.17, 15) is 31.2 Å². The van der Waals surface area contributed by atoms with E-state index in [-0.39, 0.29) is 28.3 Å². The number of carbonyl (C=O) groups is 2. The van der Waals surface area contributed by atoms with Gasteiger partial charge in [-0.15, -0.1) is 0 Å². The van der Waals surface area contributed by atoms with Crippen molar-refractivity contribution in [2.75, 3.05) is 49.1 Å². The van der Waals surface area contributed by atoms with E-state index in [4.69, 9.17) is 31.9 Å². The third kappa shape index (κ3) is 9.75. The fourth-order valence-electron chi connectivity index (χ4n) is 6.14. The Morgan fingerprint density at radius 2 is 1.85 bits per heavy atom. The first-order valence-electron chi connectivity index (χ1n) is 16.5. The van der Waals surface area contributed by atoms with Gasteiger partial charge >= 0.3 is 12.1 Å². The van der Waals surface area contributed by atoms with Crippen LogP contribution in [0.2, 0.25) is 0 Å². The molecule has 1 aliphatic carbocycles. The number of piperazine rings is 1. The molecule has 280 valence electrons. The molecule has 0 saturated carbocycles. The topological polar surface area (TPSA) is 155 Å². The maximum atomic E-state index is 13.6. The van der Waals surface area contributed by atoms with Crippen LogP contribution in [0.15, 0.2) is 59.5 Å². The molecule has 52 heavy (non-hydrogen) atoms. The van der Waals surface area contributed by atoms with Gasteiger partial charge < -0.3 is 14.7 Å². The van der Waals surface area contributed by atoms with Gasteiger partial charge in [-0.3, -0.25) is 28.8 Å². The second kappa shape index (κ2) is 17.0. The number of aliphatic carboxylic acids is 1. The number of halogens is 3. The number of allylic oxidation sites excluding steroid dienone is 4. The first-order chi connectivity index (χ1) is 24.5. The van der Waals surface area contributed by atoms with Gasteiger partial charge in [0.25, 0.3) is 16.0 Å². The molecule has 5 rings (SSSR count). The molecular weight excluding hydrogens is 724 g/mol. The van der Waals surface area contributed by atoms with E-state index in [1.165, 1.54) is 12.1 Å². The van der Waals surface area contributed by atoms with Crippen molar-refractivity contribution in [3.05, 3.63) is 76.2 Å². The number of amides is 1. The van der Waals surface area contributed by atoms with E-state index in [1.807, 2.05) is 30.9 Å². The maximum absolute atomic E-state index is 13.6. The van der Waals surface area contributed by atoms with Crippen LogP contribution < -0.4 is 14.5 Å². The monoisotopic (exact) mass is 763 g/mol. The molecule has 2 aromatic rings. The van der Waals surface area contributed by atoms with Crippen LogP contribution in [0.25, 0.3) is 0 Å². The highest BCUT2D eigenvalue weighted by Crippen LogP contribution is 2.37. The highest BCUT2D eigenvalue weighted by Gasteiger charge is 2.43. The molecule has 2 unspecified atom stereocenters. The smallest absolute Gasteiger partial charge is 0.417 e. The number of alkyl halides is 3. The molecule has 0 spiro atoms. The largest absolute Gasteiger partial charge is 0.492 e. The lowest BCUT2D eigenvalue weighted by Crippen LogP contribution is -2.53. The molecule has 0 bridgehead atoms. The number of carboxylic acids is 1. The lowest BCUT2D eigenvalue weighted by atomic mass is 10.1.